The normalized spacial score (nSPS) is 8.58. The molecule has 0 amide bonds. The number of rotatable bonds is 3. The lowest BCUT2D eigenvalue weighted by Crippen LogP contribution is -2.01. The highest BCUT2D eigenvalue weighted by Crippen LogP contribution is 2.37. The molecular weight excluding hydrogens is 312 g/mol. The number of nitrogens with zero attached hydrogens (tertiary/aromatic N) is 3. The van der Waals surface area contributed by atoms with Gasteiger partial charge in [0.25, 0.3) is 0 Å². The summed E-state index contributed by atoms with van der Waals surface area (Å²) in [5, 5.41) is 38.7. The Labute approximate surface area is 117 Å². The van der Waals surface area contributed by atoms with Crippen LogP contribution >= 0.6 is 15.9 Å². The molecule has 0 bridgehead atoms. The highest BCUT2D eigenvalue weighted by atomic mass is 79.9. The van der Waals surface area contributed by atoms with Crippen molar-refractivity contribution >= 4 is 21.6 Å². The Balaban J connectivity index is 3.32. The van der Waals surface area contributed by atoms with Crippen molar-refractivity contribution in [3.8, 4) is 29.7 Å². The van der Waals surface area contributed by atoms with Crippen LogP contribution in [0.2, 0.25) is 0 Å². The van der Waals surface area contributed by atoms with E-state index < -0.39 is 0 Å². The first kappa shape index (κ1) is 14.4. The number of hydrogen-bond donors (Lipinski definition) is 2. The smallest absolute Gasteiger partial charge is 0.163 e. The average molecular weight is 319 g/mol. The van der Waals surface area contributed by atoms with Crippen molar-refractivity contribution in [1.29, 1.82) is 15.8 Å². The first-order valence-electron chi connectivity index (χ1n) is 4.85. The number of nitrogens with one attached hydrogen (secondary N) is 1. The molecule has 0 spiro atoms. The average Bonchev–Trinajstić information content (AvgIpc) is 2.43. The lowest BCUT2D eigenvalue weighted by Gasteiger charge is -2.10. The molecule has 0 saturated carbocycles. The highest BCUT2D eigenvalue weighted by molar-refractivity contribution is 9.10. The number of halogens is 1. The SMILES string of the molecule is COc1cc(Br)c(O)c(NC(C#N)=C(C#N)C#N)c1. The number of nitriles is 3. The number of allylic oxidation sites excluding steroid dienone is 2. The summed E-state index contributed by atoms with van der Waals surface area (Å²) in [5.41, 5.74) is -0.480. The molecule has 6 nitrogen and oxygen atoms in total. The molecule has 0 heterocycles. The van der Waals surface area contributed by atoms with Crippen LogP contribution in [0.25, 0.3) is 0 Å². The van der Waals surface area contributed by atoms with E-state index in [1.807, 2.05) is 0 Å². The second-order valence-corrected chi connectivity index (χ2v) is 4.07. The van der Waals surface area contributed by atoms with Crippen LogP contribution in [-0.4, -0.2) is 12.2 Å². The second-order valence-electron chi connectivity index (χ2n) is 3.22. The zero-order chi connectivity index (χ0) is 14.4. The lowest BCUT2D eigenvalue weighted by molar-refractivity contribution is 0.412. The Bertz CT molecular complexity index is 646. The Hall–Kier alpha value is -2.69. The van der Waals surface area contributed by atoms with Crippen molar-refractivity contribution in [2.45, 2.75) is 0 Å². The van der Waals surface area contributed by atoms with Gasteiger partial charge < -0.3 is 15.2 Å². The van der Waals surface area contributed by atoms with Gasteiger partial charge in [0.1, 0.15) is 29.7 Å². The largest absolute Gasteiger partial charge is 0.505 e. The summed E-state index contributed by atoms with van der Waals surface area (Å²) in [6.07, 6.45) is 0. The summed E-state index contributed by atoms with van der Waals surface area (Å²) in [7, 11) is 1.44. The van der Waals surface area contributed by atoms with Gasteiger partial charge in [0.05, 0.1) is 17.3 Å². The van der Waals surface area contributed by atoms with Gasteiger partial charge in [0, 0.05) is 6.07 Å². The van der Waals surface area contributed by atoms with Crippen molar-refractivity contribution in [1.82, 2.24) is 0 Å². The summed E-state index contributed by atoms with van der Waals surface area (Å²) >= 11 is 3.12. The van der Waals surface area contributed by atoms with Crippen molar-refractivity contribution in [3.05, 3.63) is 27.9 Å². The van der Waals surface area contributed by atoms with Gasteiger partial charge in [-0.2, -0.15) is 15.8 Å². The third kappa shape index (κ3) is 3.16. The number of ether oxygens (including phenoxy) is 1. The van der Waals surface area contributed by atoms with Gasteiger partial charge in [0.2, 0.25) is 0 Å². The molecule has 0 aliphatic carbocycles. The molecule has 0 radical (unpaired) electrons. The molecular formula is C12H7BrN4O2. The van der Waals surface area contributed by atoms with Crippen LogP contribution in [0.1, 0.15) is 0 Å². The van der Waals surface area contributed by atoms with Gasteiger partial charge >= 0.3 is 0 Å². The van der Waals surface area contributed by atoms with Gasteiger partial charge in [-0.3, -0.25) is 0 Å². The third-order valence-electron chi connectivity index (χ3n) is 2.12. The molecule has 0 atom stereocenters. The lowest BCUT2D eigenvalue weighted by atomic mass is 10.2. The molecule has 0 aliphatic rings. The maximum Gasteiger partial charge on any atom is 0.163 e. The Morgan fingerprint density at radius 1 is 1.26 bits per heavy atom. The molecule has 0 unspecified atom stereocenters. The maximum atomic E-state index is 9.83. The number of methoxy groups -OCH3 is 1. The Morgan fingerprint density at radius 2 is 1.89 bits per heavy atom. The van der Waals surface area contributed by atoms with Crippen LogP contribution < -0.4 is 10.1 Å². The van der Waals surface area contributed by atoms with E-state index in [0.717, 1.165) is 0 Å². The zero-order valence-electron chi connectivity index (χ0n) is 9.73. The Morgan fingerprint density at radius 3 is 2.37 bits per heavy atom. The predicted molar refractivity (Wildman–Crippen MR) is 69.8 cm³/mol. The summed E-state index contributed by atoms with van der Waals surface area (Å²) in [5.74, 6) is 0.267. The number of benzene rings is 1. The monoisotopic (exact) mass is 318 g/mol. The molecule has 1 aromatic rings. The number of phenols is 1. The van der Waals surface area contributed by atoms with E-state index in [1.54, 1.807) is 18.2 Å². The summed E-state index contributed by atoms with van der Waals surface area (Å²) in [4.78, 5) is 0. The third-order valence-corrected chi connectivity index (χ3v) is 2.72. The number of phenolic OH excluding ortho intramolecular Hbond substituents is 1. The van der Waals surface area contributed by atoms with E-state index >= 15 is 0 Å². The Kier molecular flexibility index (Phi) is 4.76. The first-order chi connectivity index (χ1) is 9.07. The van der Waals surface area contributed by atoms with Crippen LogP contribution in [0, 0.1) is 34.0 Å². The minimum absolute atomic E-state index is 0.144. The van der Waals surface area contributed by atoms with E-state index in [-0.39, 0.29) is 22.7 Å². The fourth-order valence-electron chi connectivity index (χ4n) is 1.21. The van der Waals surface area contributed by atoms with Crippen LogP contribution in [0.3, 0.4) is 0 Å². The van der Waals surface area contributed by atoms with E-state index in [1.165, 1.54) is 19.2 Å². The first-order valence-corrected chi connectivity index (χ1v) is 5.64. The molecule has 2 N–H and O–H groups in total. The molecule has 94 valence electrons. The molecule has 19 heavy (non-hydrogen) atoms. The number of hydrogen-bond acceptors (Lipinski definition) is 6. The van der Waals surface area contributed by atoms with Crippen molar-refractivity contribution in [2.24, 2.45) is 0 Å². The topological polar surface area (TPSA) is 113 Å². The fraction of sp³-hybridized carbons (Fsp3) is 0.0833. The minimum Gasteiger partial charge on any atom is -0.505 e. The van der Waals surface area contributed by atoms with Crippen molar-refractivity contribution in [2.75, 3.05) is 12.4 Å². The highest BCUT2D eigenvalue weighted by Gasteiger charge is 2.12. The predicted octanol–water partition coefficient (Wildman–Crippen LogP) is 2.40. The minimum atomic E-state index is -0.374. The summed E-state index contributed by atoms with van der Waals surface area (Å²) in [6.45, 7) is 0. The van der Waals surface area contributed by atoms with Gasteiger partial charge in [-0.25, -0.2) is 0 Å². The van der Waals surface area contributed by atoms with Gasteiger partial charge in [0.15, 0.2) is 11.3 Å². The summed E-state index contributed by atoms with van der Waals surface area (Å²) < 4.78 is 5.36. The van der Waals surface area contributed by atoms with Gasteiger partial charge in [-0.05, 0) is 22.0 Å². The standard InChI is InChI=1S/C12H7BrN4O2/c1-19-8-2-9(13)12(18)10(3-8)17-11(6-16)7(4-14)5-15/h2-3,17-18H,1H3. The molecule has 7 heteroatoms. The molecule has 0 fully saturated rings. The van der Waals surface area contributed by atoms with E-state index in [2.05, 4.69) is 21.2 Å². The van der Waals surface area contributed by atoms with E-state index in [4.69, 9.17) is 20.5 Å². The number of aromatic hydroxyl groups is 1. The van der Waals surface area contributed by atoms with Crippen molar-refractivity contribution in [3.63, 3.8) is 0 Å². The van der Waals surface area contributed by atoms with Crippen LogP contribution in [0.4, 0.5) is 5.69 Å². The quantitative estimate of drug-likeness (QED) is 0.653. The van der Waals surface area contributed by atoms with E-state index in [0.29, 0.717) is 10.2 Å². The molecule has 0 saturated heterocycles. The number of anilines is 1. The van der Waals surface area contributed by atoms with Crippen molar-refractivity contribution < 1.29 is 9.84 Å². The fourth-order valence-corrected chi connectivity index (χ4v) is 1.64. The van der Waals surface area contributed by atoms with Gasteiger partial charge in [-0.1, -0.05) is 0 Å². The summed E-state index contributed by atoms with van der Waals surface area (Å²) in [6, 6.07) is 7.85. The molecule has 0 aliphatic heterocycles. The molecule has 1 rings (SSSR count). The van der Waals surface area contributed by atoms with E-state index in [9.17, 15) is 5.11 Å². The van der Waals surface area contributed by atoms with Gasteiger partial charge in [-0.15, -0.1) is 0 Å². The van der Waals surface area contributed by atoms with Crippen LogP contribution in [-0.2, 0) is 0 Å². The maximum absolute atomic E-state index is 9.83. The second kappa shape index (κ2) is 6.30. The molecule has 1 aromatic carbocycles. The zero-order valence-corrected chi connectivity index (χ0v) is 11.3. The van der Waals surface area contributed by atoms with Crippen LogP contribution in [0.15, 0.2) is 27.9 Å². The van der Waals surface area contributed by atoms with Crippen LogP contribution in [0.5, 0.6) is 11.5 Å². The molecule has 0 aromatic heterocycles.